The summed E-state index contributed by atoms with van der Waals surface area (Å²) in [5.41, 5.74) is 2.28. The Labute approximate surface area is 201 Å². The Bertz CT molecular complexity index is 1620. The van der Waals surface area contributed by atoms with E-state index < -0.39 is 23.6 Å². The molecule has 0 saturated carbocycles. The molecule has 1 aliphatic rings. The molecule has 4 heterocycles. The molecule has 1 aliphatic heterocycles. The van der Waals surface area contributed by atoms with Gasteiger partial charge in [-0.3, -0.25) is 14.2 Å². The van der Waals surface area contributed by atoms with E-state index in [2.05, 4.69) is 4.98 Å². The molecule has 35 heavy (non-hydrogen) atoms. The third-order valence-electron chi connectivity index (χ3n) is 5.68. The monoisotopic (exact) mass is 492 g/mol. The van der Waals surface area contributed by atoms with Crippen molar-refractivity contribution in [3.63, 3.8) is 0 Å². The minimum atomic E-state index is -0.691. The molecular formula is C25H17FN2O6S. The van der Waals surface area contributed by atoms with Crippen LogP contribution in [0.15, 0.2) is 68.8 Å². The van der Waals surface area contributed by atoms with E-state index in [1.807, 2.05) is 29.0 Å². The maximum Gasteiger partial charge on any atom is 0.326 e. The molecule has 0 unspecified atom stereocenters. The summed E-state index contributed by atoms with van der Waals surface area (Å²) in [7, 11) is 0. The molecular weight excluding hydrogens is 475 g/mol. The number of halogens is 1. The topological polar surface area (TPSA) is 92.8 Å². The molecule has 5 aromatic rings. The molecule has 0 spiro atoms. The fraction of sp³-hybridized carbons (Fsp3) is 0.160. The highest BCUT2D eigenvalue weighted by Crippen LogP contribution is 2.37. The number of esters is 1. The fourth-order valence-corrected chi connectivity index (χ4v) is 4.69. The molecule has 6 rings (SSSR count). The first-order valence-electron chi connectivity index (χ1n) is 10.7. The lowest BCUT2D eigenvalue weighted by Crippen LogP contribution is -2.25. The van der Waals surface area contributed by atoms with E-state index >= 15 is 0 Å². The molecule has 176 valence electrons. The van der Waals surface area contributed by atoms with Crippen LogP contribution in [-0.2, 0) is 34.0 Å². The highest BCUT2D eigenvalue weighted by Gasteiger charge is 2.26. The SMILES string of the molecule is O=C(Cn1cnc2c(oc3ccccc32)c1=O)OCc1cc(F)cc2c1O[C@H](c1ccsc1)OC2. The molecule has 0 radical (unpaired) electrons. The largest absolute Gasteiger partial charge is 0.460 e. The highest BCUT2D eigenvalue weighted by molar-refractivity contribution is 7.07. The van der Waals surface area contributed by atoms with Crippen molar-refractivity contribution in [2.75, 3.05) is 0 Å². The van der Waals surface area contributed by atoms with Crippen molar-refractivity contribution in [3.05, 3.63) is 92.4 Å². The van der Waals surface area contributed by atoms with Crippen LogP contribution >= 0.6 is 11.3 Å². The molecule has 10 heteroatoms. The maximum absolute atomic E-state index is 14.2. The van der Waals surface area contributed by atoms with Gasteiger partial charge >= 0.3 is 5.97 Å². The summed E-state index contributed by atoms with van der Waals surface area (Å²) in [5.74, 6) is -0.764. The van der Waals surface area contributed by atoms with Crippen molar-refractivity contribution in [1.82, 2.24) is 9.55 Å². The van der Waals surface area contributed by atoms with Crippen molar-refractivity contribution in [1.29, 1.82) is 0 Å². The van der Waals surface area contributed by atoms with Gasteiger partial charge in [0.15, 0.2) is 0 Å². The average Bonchev–Trinajstić information content (AvgIpc) is 3.53. The van der Waals surface area contributed by atoms with Crippen LogP contribution in [-0.4, -0.2) is 15.5 Å². The molecule has 0 bridgehead atoms. The fourth-order valence-electron chi connectivity index (χ4n) is 4.03. The number of carbonyl (C=O) groups is 1. The first kappa shape index (κ1) is 21.5. The standard InChI is InChI=1S/C25H17FN2O6S/c26-17-7-15(22-16(8-17)11-32-25(34-22)14-5-6-35-12-14)10-31-20(29)9-28-13-27-21-18-3-1-2-4-19(18)33-23(21)24(28)30/h1-8,12-13,25H,9-11H2/t25-/m1/s1. The van der Waals surface area contributed by atoms with Crippen LogP contribution in [0.1, 0.15) is 23.0 Å². The third-order valence-corrected chi connectivity index (χ3v) is 6.38. The number of hydrogen-bond donors (Lipinski definition) is 0. The van der Waals surface area contributed by atoms with Crippen LogP contribution in [0.5, 0.6) is 5.75 Å². The number of furan rings is 1. The number of para-hydroxylation sites is 1. The zero-order chi connectivity index (χ0) is 23.9. The first-order chi connectivity index (χ1) is 17.1. The lowest BCUT2D eigenvalue weighted by atomic mass is 10.1. The quantitative estimate of drug-likeness (QED) is 0.329. The summed E-state index contributed by atoms with van der Waals surface area (Å²) in [6.07, 6.45) is 0.651. The van der Waals surface area contributed by atoms with E-state index in [1.54, 1.807) is 12.1 Å². The lowest BCUT2D eigenvalue weighted by molar-refractivity contribution is -0.146. The number of ether oxygens (including phenoxy) is 3. The van der Waals surface area contributed by atoms with Crippen LogP contribution in [0.2, 0.25) is 0 Å². The normalized spacial score (nSPS) is 15.2. The number of nitrogens with zero attached hydrogens (tertiary/aromatic N) is 2. The smallest absolute Gasteiger partial charge is 0.326 e. The van der Waals surface area contributed by atoms with E-state index in [9.17, 15) is 14.0 Å². The van der Waals surface area contributed by atoms with Crippen molar-refractivity contribution >= 4 is 39.4 Å². The van der Waals surface area contributed by atoms with Crippen LogP contribution in [0.3, 0.4) is 0 Å². The summed E-state index contributed by atoms with van der Waals surface area (Å²) < 4.78 is 37.9. The third kappa shape index (κ3) is 3.96. The number of aromatic nitrogens is 2. The Balaban J connectivity index is 1.20. The summed E-state index contributed by atoms with van der Waals surface area (Å²) >= 11 is 1.51. The molecule has 3 aromatic heterocycles. The molecule has 0 aliphatic carbocycles. The van der Waals surface area contributed by atoms with E-state index in [4.69, 9.17) is 18.6 Å². The van der Waals surface area contributed by atoms with Crippen molar-refractivity contribution in [2.24, 2.45) is 0 Å². The lowest BCUT2D eigenvalue weighted by Gasteiger charge is -2.27. The second-order valence-electron chi connectivity index (χ2n) is 7.98. The summed E-state index contributed by atoms with van der Waals surface area (Å²) in [5, 5.41) is 4.53. The van der Waals surface area contributed by atoms with Crippen LogP contribution in [0.25, 0.3) is 22.1 Å². The van der Waals surface area contributed by atoms with Crippen molar-refractivity contribution in [2.45, 2.75) is 26.0 Å². The van der Waals surface area contributed by atoms with Gasteiger partial charge < -0.3 is 18.6 Å². The van der Waals surface area contributed by atoms with Crippen LogP contribution in [0.4, 0.5) is 4.39 Å². The Hall–Kier alpha value is -4.02. The maximum atomic E-state index is 14.2. The zero-order valence-corrected chi connectivity index (χ0v) is 18.9. The zero-order valence-electron chi connectivity index (χ0n) is 18.1. The van der Waals surface area contributed by atoms with Gasteiger partial charge in [0.2, 0.25) is 11.9 Å². The van der Waals surface area contributed by atoms with Gasteiger partial charge in [-0.2, -0.15) is 11.3 Å². The number of fused-ring (bicyclic) bond motifs is 4. The Morgan fingerprint density at radius 2 is 2.14 bits per heavy atom. The summed E-state index contributed by atoms with van der Waals surface area (Å²) in [6, 6.07) is 11.6. The average molecular weight is 492 g/mol. The molecule has 8 nitrogen and oxygen atoms in total. The predicted octanol–water partition coefficient (Wildman–Crippen LogP) is 4.69. The van der Waals surface area contributed by atoms with Gasteiger partial charge in [-0.05, 0) is 35.7 Å². The summed E-state index contributed by atoms with van der Waals surface area (Å²) in [6.45, 7) is -0.449. The molecule has 2 aromatic carbocycles. The van der Waals surface area contributed by atoms with E-state index in [0.717, 1.165) is 15.5 Å². The molecule has 0 saturated heterocycles. The first-order valence-corrected chi connectivity index (χ1v) is 11.6. The van der Waals surface area contributed by atoms with E-state index in [0.29, 0.717) is 28.0 Å². The van der Waals surface area contributed by atoms with Crippen molar-refractivity contribution < 1.29 is 27.8 Å². The number of hydrogen-bond acceptors (Lipinski definition) is 8. The van der Waals surface area contributed by atoms with E-state index in [-0.39, 0.29) is 25.3 Å². The van der Waals surface area contributed by atoms with E-state index in [1.165, 1.54) is 29.8 Å². The number of rotatable bonds is 5. The number of thiophene rings is 1. The molecule has 1 atom stereocenters. The van der Waals surface area contributed by atoms with Crippen LogP contribution in [0, 0.1) is 5.82 Å². The Morgan fingerprint density at radius 1 is 1.26 bits per heavy atom. The Morgan fingerprint density at radius 3 is 3.00 bits per heavy atom. The minimum absolute atomic E-state index is 0.0635. The number of carbonyl (C=O) groups excluding carboxylic acids is 1. The van der Waals surface area contributed by atoms with Gasteiger partial charge in [0, 0.05) is 27.5 Å². The molecule has 0 amide bonds. The van der Waals surface area contributed by atoms with Gasteiger partial charge in [0.1, 0.15) is 35.8 Å². The molecule has 0 fully saturated rings. The van der Waals surface area contributed by atoms with Gasteiger partial charge in [-0.25, -0.2) is 9.37 Å². The second-order valence-corrected chi connectivity index (χ2v) is 8.76. The molecule has 0 N–H and O–H groups in total. The van der Waals surface area contributed by atoms with Gasteiger partial charge in [-0.15, -0.1) is 0 Å². The Kier molecular flexibility index (Phi) is 5.31. The number of benzene rings is 2. The van der Waals surface area contributed by atoms with Crippen molar-refractivity contribution in [3.8, 4) is 5.75 Å². The van der Waals surface area contributed by atoms with Gasteiger partial charge in [0.05, 0.1) is 12.9 Å². The highest BCUT2D eigenvalue weighted by atomic mass is 32.1. The van der Waals surface area contributed by atoms with Gasteiger partial charge in [0.25, 0.3) is 5.56 Å². The predicted molar refractivity (Wildman–Crippen MR) is 124 cm³/mol. The van der Waals surface area contributed by atoms with Gasteiger partial charge in [-0.1, -0.05) is 12.1 Å². The van der Waals surface area contributed by atoms with Crippen LogP contribution < -0.4 is 10.3 Å². The summed E-state index contributed by atoms with van der Waals surface area (Å²) in [4.78, 5) is 29.7. The minimum Gasteiger partial charge on any atom is -0.460 e. The second kappa shape index (κ2) is 8.64.